The molecule has 0 radical (unpaired) electrons. The normalized spacial score (nSPS) is 15.9. The minimum Gasteiger partial charge on any atom is -0.301 e. The molecule has 0 saturated carbocycles. The smallest absolute Gasteiger partial charge is 0.151 e. The number of aromatic nitrogens is 2. The summed E-state index contributed by atoms with van der Waals surface area (Å²) in [6.45, 7) is 9.07. The molecule has 1 saturated heterocycles. The van der Waals surface area contributed by atoms with Gasteiger partial charge in [-0.3, -0.25) is 14.1 Å². The van der Waals surface area contributed by atoms with E-state index in [9.17, 15) is 4.79 Å². The van der Waals surface area contributed by atoms with Gasteiger partial charge in [0.25, 0.3) is 0 Å². The van der Waals surface area contributed by atoms with Crippen LogP contribution in [-0.4, -0.2) is 58.2 Å². The van der Waals surface area contributed by atoms with E-state index >= 15 is 0 Å². The summed E-state index contributed by atoms with van der Waals surface area (Å²) in [6.07, 6.45) is 7.18. The first-order valence-electron chi connectivity index (χ1n) is 10.2. The Balaban J connectivity index is 1.48. The van der Waals surface area contributed by atoms with E-state index in [1.807, 2.05) is 22.9 Å². The molecule has 1 aromatic carbocycles. The van der Waals surface area contributed by atoms with Gasteiger partial charge in [0, 0.05) is 50.0 Å². The Morgan fingerprint density at radius 1 is 1.07 bits per heavy atom. The Labute approximate surface area is 166 Å². The number of unbranched alkanes of at least 4 members (excludes halogenated alkanes) is 1. The number of hydrogen-bond donors (Lipinski definition) is 0. The molecule has 0 N–H and O–H groups in total. The predicted octanol–water partition coefficient (Wildman–Crippen LogP) is 3.73. The summed E-state index contributed by atoms with van der Waals surface area (Å²) >= 11 is 0. The van der Waals surface area contributed by atoms with Gasteiger partial charge in [-0.25, -0.2) is 4.98 Å². The molecule has 1 aliphatic heterocycles. The third kappa shape index (κ3) is 4.16. The van der Waals surface area contributed by atoms with E-state index in [4.69, 9.17) is 0 Å². The highest BCUT2D eigenvalue weighted by molar-refractivity contribution is 5.76. The molecule has 2 aromatic heterocycles. The molecular weight excluding hydrogens is 348 g/mol. The Morgan fingerprint density at radius 2 is 1.89 bits per heavy atom. The maximum absolute atomic E-state index is 11.1. The van der Waals surface area contributed by atoms with E-state index in [0.29, 0.717) is 5.56 Å². The quantitative estimate of drug-likeness (QED) is 0.589. The van der Waals surface area contributed by atoms with Crippen LogP contribution in [0.15, 0.2) is 48.8 Å². The van der Waals surface area contributed by atoms with Gasteiger partial charge >= 0.3 is 0 Å². The lowest BCUT2D eigenvalue weighted by molar-refractivity contribution is 0.112. The SMILES string of the molecule is CCCCN1CCN(Cc2cccc(-c3cnc4ccc(C=O)cn34)c2)CC1. The second-order valence-corrected chi connectivity index (χ2v) is 7.62. The molecular formula is C23H28N4O. The van der Waals surface area contributed by atoms with Gasteiger partial charge in [-0.2, -0.15) is 0 Å². The molecule has 28 heavy (non-hydrogen) atoms. The number of pyridine rings is 1. The number of rotatable bonds is 7. The molecule has 3 heterocycles. The lowest BCUT2D eigenvalue weighted by atomic mass is 10.1. The van der Waals surface area contributed by atoms with Crippen LogP contribution >= 0.6 is 0 Å². The summed E-state index contributed by atoms with van der Waals surface area (Å²) in [4.78, 5) is 20.7. The van der Waals surface area contributed by atoms with Crippen molar-refractivity contribution in [3.05, 3.63) is 59.9 Å². The van der Waals surface area contributed by atoms with Crippen LogP contribution in [0.4, 0.5) is 0 Å². The number of fused-ring (bicyclic) bond motifs is 1. The molecule has 0 aliphatic carbocycles. The third-order valence-corrected chi connectivity index (χ3v) is 5.59. The Hall–Kier alpha value is -2.50. The standard InChI is InChI=1S/C23H28N4O/c1-2-3-9-25-10-12-26(13-11-25)16-19-5-4-6-21(14-19)22-15-24-23-8-7-20(18-28)17-27(22)23/h4-8,14-15,17-18H,2-3,9-13,16H2,1H3. The summed E-state index contributed by atoms with van der Waals surface area (Å²) in [5.41, 5.74) is 4.98. The van der Waals surface area contributed by atoms with Crippen LogP contribution in [0.3, 0.4) is 0 Å². The van der Waals surface area contributed by atoms with Crippen molar-refractivity contribution in [2.24, 2.45) is 0 Å². The van der Waals surface area contributed by atoms with Gasteiger partial charge < -0.3 is 4.90 Å². The average Bonchev–Trinajstić information content (AvgIpc) is 3.16. The van der Waals surface area contributed by atoms with Gasteiger partial charge in [0.1, 0.15) is 5.65 Å². The van der Waals surface area contributed by atoms with Crippen LogP contribution in [0.25, 0.3) is 16.9 Å². The molecule has 4 rings (SSSR count). The molecule has 0 spiro atoms. The van der Waals surface area contributed by atoms with E-state index in [1.54, 1.807) is 6.07 Å². The van der Waals surface area contributed by atoms with Crippen LogP contribution in [0, 0.1) is 0 Å². The van der Waals surface area contributed by atoms with Crippen LogP contribution < -0.4 is 0 Å². The van der Waals surface area contributed by atoms with Crippen LogP contribution in [0.2, 0.25) is 0 Å². The third-order valence-electron chi connectivity index (χ3n) is 5.59. The molecule has 146 valence electrons. The topological polar surface area (TPSA) is 40.8 Å². The fourth-order valence-electron chi connectivity index (χ4n) is 3.92. The summed E-state index contributed by atoms with van der Waals surface area (Å²) in [7, 11) is 0. The van der Waals surface area contributed by atoms with Gasteiger partial charge in [0.05, 0.1) is 11.9 Å². The summed E-state index contributed by atoms with van der Waals surface area (Å²) < 4.78 is 2.00. The molecule has 0 atom stereocenters. The van der Waals surface area contributed by atoms with E-state index in [2.05, 4.69) is 46.0 Å². The number of carbonyl (C=O) groups excluding carboxylic acids is 1. The minimum absolute atomic E-state index is 0.656. The highest BCUT2D eigenvalue weighted by Gasteiger charge is 2.16. The zero-order chi connectivity index (χ0) is 19.3. The highest BCUT2D eigenvalue weighted by atomic mass is 16.1. The van der Waals surface area contributed by atoms with Crippen molar-refractivity contribution in [3.63, 3.8) is 0 Å². The van der Waals surface area contributed by atoms with Crippen molar-refractivity contribution in [1.29, 1.82) is 0 Å². The highest BCUT2D eigenvalue weighted by Crippen LogP contribution is 2.23. The summed E-state index contributed by atoms with van der Waals surface area (Å²) in [5.74, 6) is 0. The lowest BCUT2D eigenvalue weighted by Gasteiger charge is -2.34. The number of aldehydes is 1. The molecule has 0 unspecified atom stereocenters. The van der Waals surface area contributed by atoms with Gasteiger partial charge in [0.2, 0.25) is 0 Å². The molecule has 0 amide bonds. The average molecular weight is 377 g/mol. The van der Waals surface area contributed by atoms with Gasteiger partial charge in [-0.15, -0.1) is 0 Å². The molecule has 1 aliphatic rings. The van der Waals surface area contributed by atoms with Crippen LogP contribution in [0.1, 0.15) is 35.7 Å². The predicted molar refractivity (Wildman–Crippen MR) is 113 cm³/mol. The molecule has 3 aromatic rings. The van der Waals surface area contributed by atoms with Crippen molar-refractivity contribution in [1.82, 2.24) is 19.2 Å². The maximum atomic E-state index is 11.1. The second-order valence-electron chi connectivity index (χ2n) is 7.62. The Morgan fingerprint density at radius 3 is 2.68 bits per heavy atom. The zero-order valence-corrected chi connectivity index (χ0v) is 16.6. The number of benzene rings is 1. The number of hydrogen-bond acceptors (Lipinski definition) is 4. The number of carbonyl (C=O) groups is 1. The van der Waals surface area contributed by atoms with Gasteiger partial charge in [0.15, 0.2) is 6.29 Å². The maximum Gasteiger partial charge on any atom is 0.151 e. The van der Waals surface area contributed by atoms with Crippen LogP contribution in [-0.2, 0) is 6.54 Å². The molecule has 5 heteroatoms. The number of nitrogens with zero attached hydrogens (tertiary/aromatic N) is 4. The van der Waals surface area contributed by atoms with E-state index in [1.165, 1.54) is 38.0 Å². The first kappa shape index (κ1) is 18.8. The molecule has 0 bridgehead atoms. The van der Waals surface area contributed by atoms with E-state index in [-0.39, 0.29) is 0 Å². The lowest BCUT2D eigenvalue weighted by Crippen LogP contribution is -2.46. The van der Waals surface area contributed by atoms with Crippen LogP contribution in [0.5, 0.6) is 0 Å². The molecule has 1 fully saturated rings. The Bertz CT molecular complexity index is 941. The van der Waals surface area contributed by atoms with Crippen molar-refractivity contribution >= 4 is 11.9 Å². The largest absolute Gasteiger partial charge is 0.301 e. The first-order chi connectivity index (χ1) is 13.8. The summed E-state index contributed by atoms with van der Waals surface area (Å²) in [5, 5.41) is 0. The van der Waals surface area contributed by atoms with Gasteiger partial charge in [-0.1, -0.05) is 31.5 Å². The monoisotopic (exact) mass is 376 g/mol. The van der Waals surface area contributed by atoms with Gasteiger partial charge in [-0.05, 0) is 36.7 Å². The molecule has 5 nitrogen and oxygen atoms in total. The van der Waals surface area contributed by atoms with Crippen molar-refractivity contribution < 1.29 is 4.79 Å². The van der Waals surface area contributed by atoms with Crippen molar-refractivity contribution in [2.75, 3.05) is 32.7 Å². The minimum atomic E-state index is 0.656. The second kappa shape index (κ2) is 8.67. The summed E-state index contributed by atoms with van der Waals surface area (Å²) in [6, 6.07) is 12.4. The fraction of sp³-hybridized carbons (Fsp3) is 0.391. The number of piperazine rings is 1. The van der Waals surface area contributed by atoms with Crippen molar-refractivity contribution in [3.8, 4) is 11.3 Å². The fourth-order valence-corrected chi connectivity index (χ4v) is 3.92. The Kier molecular flexibility index (Phi) is 5.84. The number of imidazole rings is 1. The zero-order valence-electron chi connectivity index (χ0n) is 16.6. The van der Waals surface area contributed by atoms with E-state index < -0.39 is 0 Å². The van der Waals surface area contributed by atoms with Crippen molar-refractivity contribution in [2.45, 2.75) is 26.3 Å². The first-order valence-corrected chi connectivity index (χ1v) is 10.2. The van der Waals surface area contributed by atoms with E-state index in [0.717, 1.165) is 42.8 Å².